The minimum Gasteiger partial charge on any atom is -0.345 e. The lowest BCUT2D eigenvalue weighted by molar-refractivity contribution is 0.272. The molecule has 1 aliphatic rings. The lowest BCUT2D eigenvalue weighted by Crippen LogP contribution is -2.34. The Kier molecular flexibility index (Phi) is 3.98. The maximum atomic E-state index is 4.70. The lowest BCUT2D eigenvalue weighted by atomic mass is 10.2. The minimum atomic E-state index is 0.643. The average Bonchev–Trinajstić information content (AvgIpc) is 3.16. The molecule has 0 radical (unpaired) electrons. The largest absolute Gasteiger partial charge is 0.345 e. The van der Waals surface area contributed by atoms with E-state index in [0.717, 1.165) is 36.2 Å². The third-order valence-corrected chi connectivity index (χ3v) is 4.78. The molecule has 0 aliphatic carbocycles. The number of hydrogen-bond acceptors (Lipinski definition) is 5. The van der Waals surface area contributed by atoms with Crippen molar-refractivity contribution in [3.05, 3.63) is 30.3 Å². The minimum absolute atomic E-state index is 0.643. The van der Waals surface area contributed by atoms with E-state index in [1.807, 2.05) is 18.2 Å². The summed E-state index contributed by atoms with van der Waals surface area (Å²) in [7, 11) is 2.20. The molecule has 1 saturated heterocycles. The highest BCUT2D eigenvalue weighted by molar-refractivity contribution is 7.09. The van der Waals surface area contributed by atoms with E-state index in [1.165, 1.54) is 18.0 Å². The van der Waals surface area contributed by atoms with Crippen LogP contribution in [0.15, 0.2) is 30.3 Å². The van der Waals surface area contributed by atoms with Crippen LogP contribution in [0.1, 0.15) is 13.3 Å². The summed E-state index contributed by atoms with van der Waals surface area (Å²) in [5, 5.41) is 1.05. The molecule has 2 aromatic rings. The van der Waals surface area contributed by atoms with Crippen LogP contribution in [-0.2, 0) is 0 Å². The number of nitrogens with zero attached hydrogens (tertiary/aromatic N) is 4. The summed E-state index contributed by atoms with van der Waals surface area (Å²) in [5.41, 5.74) is 1.09. The van der Waals surface area contributed by atoms with Crippen LogP contribution < -0.4 is 4.90 Å². The standard InChI is InChI=1S/C15H20N4S/c1-3-18(2)13-9-10-19(11-13)15-16-14(17-20-15)12-7-5-4-6-8-12/h4-8,13H,3,9-11H2,1-2H3. The van der Waals surface area contributed by atoms with Crippen molar-refractivity contribution in [3.63, 3.8) is 0 Å². The Bertz CT molecular complexity index is 554. The third-order valence-electron chi connectivity index (χ3n) is 4.00. The molecule has 0 spiro atoms. The fourth-order valence-electron chi connectivity index (χ4n) is 2.58. The Morgan fingerprint density at radius 2 is 2.15 bits per heavy atom. The van der Waals surface area contributed by atoms with E-state index >= 15 is 0 Å². The van der Waals surface area contributed by atoms with Gasteiger partial charge in [-0.2, -0.15) is 9.36 Å². The first-order chi connectivity index (χ1) is 9.78. The van der Waals surface area contributed by atoms with Gasteiger partial charge >= 0.3 is 0 Å². The highest BCUT2D eigenvalue weighted by atomic mass is 32.1. The summed E-state index contributed by atoms with van der Waals surface area (Å²) in [6.45, 7) is 5.46. The highest BCUT2D eigenvalue weighted by Crippen LogP contribution is 2.27. The van der Waals surface area contributed by atoms with E-state index in [1.54, 1.807) is 0 Å². The number of benzene rings is 1. The number of aromatic nitrogens is 2. The third kappa shape index (κ3) is 2.69. The molecule has 0 saturated carbocycles. The molecule has 1 fully saturated rings. The number of rotatable bonds is 4. The molecule has 1 aromatic heterocycles. The Hall–Kier alpha value is -1.46. The summed E-state index contributed by atoms with van der Waals surface area (Å²) in [4.78, 5) is 9.47. The number of hydrogen-bond donors (Lipinski definition) is 0. The van der Waals surface area contributed by atoms with Gasteiger partial charge in [-0.15, -0.1) is 0 Å². The molecule has 0 bridgehead atoms. The van der Waals surface area contributed by atoms with E-state index in [-0.39, 0.29) is 0 Å². The van der Waals surface area contributed by atoms with E-state index < -0.39 is 0 Å². The van der Waals surface area contributed by atoms with Gasteiger partial charge in [0.05, 0.1) is 0 Å². The van der Waals surface area contributed by atoms with E-state index in [0.29, 0.717) is 6.04 Å². The second-order valence-corrected chi connectivity index (χ2v) is 5.96. The van der Waals surface area contributed by atoms with Crippen LogP contribution in [0.3, 0.4) is 0 Å². The van der Waals surface area contributed by atoms with Crippen LogP contribution in [0, 0.1) is 0 Å². The van der Waals surface area contributed by atoms with Crippen molar-refractivity contribution in [2.75, 3.05) is 31.6 Å². The van der Waals surface area contributed by atoms with Crippen LogP contribution in [0.4, 0.5) is 5.13 Å². The van der Waals surface area contributed by atoms with Gasteiger partial charge in [-0.1, -0.05) is 37.3 Å². The molecule has 4 nitrogen and oxygen atoms in total. The Labute approximate surface area is 124 Å². The molecule has 2 heterocycles. The first-order valence-electron chi connectivity index (χ1n) is 7.12. The highest BCUT2D eigenvalue weighted by Gasteiger charge is 2.27. The quantitative estimate of drug-likeness (QED) is 0.866. The molecule has 1 atom stereocenters. The SMILES string of the molecule is CCN(C)C1CCN(c2nc(-c3ccccc3)ns2)C1. The maximum absolute atomic E-state index is 4.70. The van der Waals surface area contributed by atoms with Crippen molar-refractivity contribution < 1.29 is 0 Å². The zero-order valence-electron chi connectivity index (χ0n) is 12.0. The van der Waals surface area contributed by atoms with E-state index in [9.17, 15) is 0 Å². The Morgan fingerprint density at radius 3 is 2.90 bits per heavy atom. The second-order valence-electron chi connectivity index (χ2n) is 5.23. The molecule has 3 rings (SSSR count). The monoisotopic (exact) mass is 288 g/mol. The molecule has 0 N–H and O–H groups in total. The van der Waals surface area contributed by atoms with Crippen LogP contribution in [-0.4, -0.2) is 47.0 Å². The summed E-state index contributed by atoms with van der Waals surface area (Å²) in [6, 6.07) is 10.8. The molecule has 0 amide bonds. The fraction of sp³-hybridized carbons (Fsp3) is 0.467. The van der Waals surface area contributed by atoms with Crippen molar-refractivity contribution in [1.29, 1.82) is 0 Å². The molecule has 106 valence electrons. The van der Waals surface area contributed by atoms with Crippen LogP contribution >= 0.6 is 11.5 Å². The molecule has 1 unspecified atom stereocenters. The molecular formula is C15H20N4S. The lowest BCUT2D eigenvalue weighted by Gasteiger charge is -2.22. The average molecular weight is 288 g/mol. The van der Waals surface area contributed by atoms with Gasteiger partial charge in [0.25, 0.3) is 0 Å². The summed E-state index contributed by atoms with van der Waals surface area (Å²) in [6.07, 6.45) is 1.21. The Morgan fingerprint density at radius 1 is 1.35 bits per heavy atom. The van der Waals surface area contributed by atoms with Gasteiger partial charge in [0.1, 0.15) is 0 Å². The van der Waals surface area contributed by atoms with Crippen molar-refractivity contribution >= 4 is 16.7 Å². The van der Waals surface area contributed by atoms with Crippen LogP contribution in [0.25, 0.3) is 11.4 Å². The van der Waals surface area contributed by atoms with E-state index in [2.05, 4.69) is 40.3 Å². The first-order valence-corrected chi connectivity index (χ1v) is 7.89. The van der Waals surface area contributed by atoms with Gasteiger partial charge in [-0.25, -0.2) is 0 Å². The molecule has 5 heteroatoms. The summed E-state index contributed by atoms with van der Waals surface area (Å²) in [5.74, 6) is 0.845. The van der Waals surface area contributed by atoms with Crippen molar-refractivity contribution in [2.24, 2.45) is 0 Å². The van der Waals surface area contributed by atoms with E-state index in [4.69, 9.17) is 4.98 Å². The fourth-order valence-corrected chi connectivity index (χ4v) is 3.30. The number of anilines is 1. The molecule has 20 heavy (non-hydrogen) atoms. The maximum Gasteiger partial charge on any atom is 0.205 e. The summed E-state index contributed by atoms with van der Waals surface area (Å²) < 4.78 is 4.50. The zero-order chi connectivity index (χ0) is 13.9. The van der Waals surface area contributed by atoms with Crippen LogP contribution in [0.2, 0.25) is 0 Å². The zero-order valence-corrected chi connectivity index (χ0v) is 12.8. The molecule has 1 aromatic carbocycles. The Balaban J connectivity index is 1.72. The predicted octanol–water partition coefficient (Wildman–Crippen LogP) is 2.74. The molecular weight excluding hydrogens is 268 g/mol. The normalized spacial score (nSPS) is 18.9. The van der Waals surface area contributed by atoms with Gasteiger partial charge in [0, 0.05) is 36.2 Å². The van der Waals surface area contributed by atoms with Crippen molar-refractivity contribution in [2.45, 2.75) is 19.4 Å². The molecule has 1 aliphatic heterocycles. The van der Waals surface area contributed by atoms with Gasteiger partial charge in [0.15, 0.2) is 5.82 Å². The van der Waals surface area contributed by atoms with Crippen molar-refractivity contribution in [1.82, 2.24) is 14.3 Å². The van der Waals surface area contributed by atoms with Gasteiger partial charge in [-0.05, 0) is 20.0 Å². The first kappa shape index (κ1) is 13.5. The number of likely N-dealkylation sites (N-methyl/N-ethyl adjacent to an activating group) is 1. The van der Waals surface area contributed by atoms with Gasteiger partial charge in [-0.3, -0.25) is 0 Å². The van der Waals surface area contributed by atoms with Gasteiger partial charge < -0.3 is 9.80 Å². The smallest absolute Gasteiger partial charge is 0.205 e. The van der Waals surface area contributed by atoms with Crippen molar-refractivity contribution in [3.8, 4) is 11.4 Å². The summed E-state index contributed by atoms with van der Waals surface area (Å²) >= 11 is 1.51. The second kappa shape index (κ2) is 5.89. The van der Waals surface area contributed by atoms with Crippen LogP contribution in [0.5, 0.6) is 0 Å². The predicted molar refractivity (Wildman–Crippen MR) is 84.3 cm³/mol. The topological polar surface area (TPSA) is 32.3 Å². The van der Waals surface area contributed by atoms with Gasteiger partial charge in [0.2, 0.25) is 5.13 Å².